The van der Waals surface area contributed by atoms with Crippen LogP contribution in [0.5, 0.6) is 0 Å². The molecular formula is C24H33N3O3S. The zero-order valence-corrected chi connectivity index (χ0v) is 19.4. The number of rotatable bonds is 8. The number of benzene rings is 2. The van der Waals surface area contributed by atoms with E-state index in [0.717, 1.165) is 30.5 Å². The maximum absolute atomic E-state index is 12.8. The van der Waals surface area contributed by atoms with Crippen LogP contribution in [0.25, 0.3) is 0 Å². The van der Waals surface area contributed by atoms with Gasteiger partial charge < -0.3 is 5.32 Å². The summed E-state index contributed by atoms with van der Waals surface area (Å²) < 4.78 is 27.9. The molecule has 3 atom stereocenters. The van der Waals surface area contributed by atoms with Crippen molar-refractivity contribution >= 4 is 15.9 Å². The van der Waals surface area contributed by atoms with E-state index >= 15 is 0 Å². The summed E-state index contributed by atoms with van der Waals surface area (Å²) in [5.74, 6) is 0.174. The number of carbonyl (C=O) groups excluding carboxylic acids is 1. The molecule has 0 aliphatic carbocycles. The molecule has 3 rings (SSSR count). The van der Waals surface area contributed by atoms with Gasteiger partial charge in [-0.25, -0.2) is 13.1 Å². The van der Waals surface area contributed by atoms with Gasteiger partial charge in [0.25, 0.3) is 0 Å². The van der Waals surface area contributed by atoms with E-state index in [1.54, 1.807) is 24.3 Å². The molecule has 1 heterocycles. The Morgan fingerprint density at radius 2 is 1.77 bits per heavy atom. The summed E-state index contributed by atoms with van der Waals surface area (Å²) in [5, 5.41) is 3.10. The van der Waals surface area contributed by atoms with Gasteiger partial charge in [0.1, 0.15) is 0 Å². The molecule has 0 radical (unpaired) electrons. The van der Waals surface area contributed by atoms with Crippen LogP contribution in [0.4, 0.5) is 0 Å². The number of likely N-dealkylation sites (tertiary alicyclic amines) is 1. The molecule has 2 N–H and O–H groups in total. The minimum atomic E-state index is -3.52. The van der Waals surface area contributed by atoms with Crippen LogP contribution in [0.3, 0.4) is 0 Å². The van der Waals surface area contributed by atoms with E-state index in [4.69, 9.17) is 0 Å². The molecule has 1 aliphatic rings. The summed E-state index contributed by atoms with van der Waals surface area (Å²) in [6.45, 7) is 7.75. The van der Waals surface area contributed by atoms with Gasteiger partial charge in [-0.2, -0.15) is 0 Å². The van der Waals surface area contributed by atoms with Crippen molar-refractivity contribution in [3.8, 4) is 0 Å². The number of carbonyl (C=O) groups is 1. The Kier molecular flexibility index (Phi) is 7.86. The molecule has 7 heteroatoms. The highest BCUT2D eigenvalue weighted by molar-refractivity contribution is 7.89. The van der Waals surface area contributed by atoms with Gasteiger partial charge in [0.15, 0.2) is 0 Å². The molecule has 1 saturated heterocycles. The van der Waals surface area contributed by atoms with Crippen molar-refractivity contribution in [2.45, 2.75) is 50.6 Å². The van der Waals surface area contributed by atoms with E-state index in [-0.39, 0.29) is 28.8 Å². The van der Waals surface area contributed by atoms with Gasteiger partial charge in [0.2, 0.25) is 15.9 Å². The normalized spacial score (nSPS) is 19.5. The Labute approximate surface area is 186 Å². The predicted molar refractivity (Wildman–Crippen MR) is 123 cm³/mol. The smallest absolute Gasteiger partial charge is 0.240 e. The Hall–Kier alpha value is -2.22. The Bertz CT molecular complexity index is 961. The maximum atomic E-state index is 12.8. The lowest BCUT2D eigenvalue weighted by molar-refractivity contribution is -0.127. The van der Waals surface area contributed by atoms with Crippen molar-refractivity contribution in [2.75, 3.05) is 19.6 Å². The molecule has 0 bridgehead atoms. The molecule has 0 saturated carbocycles. The number of aryl methyl sites for hydroxylation is 1. The quantitative estimate of drug-likeness (QED) is 0.657. The number of sulfonamides is 1. The molecule has 0 aromatic heterocycles. The van der Waals surface area contributed by atoms with Crippen molar-refractivity contribution < 1.29 is 13.2 Å². The van der Waals surface area contributed by atoms with Gasteiger partial charge in [-0.05, 0) is 63.8 Å². The first-order valence-electron chi connectivity index (χ1n) is 10.9. The molecule has 2 aromatic rings. The molecular weight excluding hydrogens is 410 g/mol. The number of nitrogens with one attached hydrogen (secondary N) is 2. The van der Waals surface area contributed by atoms with Gasteiger partial charge in [-0.3, -0.25) is 9.69 Å². The van der Waals surface area contributed by atoms with E-state index in [9.17, 15) is 13.2 Å². The molecule has 1 aliphatic heterocycles. The molecule has 0 spiro atoms. The molecule has 2 aromatic carbocycles. The molecule has 1 fully saturated rings. The van der Waals surface area contributed by atoms with Gasteiger partial charge in [0, 0.05) is 13.1 Å². The fourth-order valence-corrected chi connectivity index (χ4v) is 5.08. The third kappa shape index (κ3) is 6.38. The summed E-state index contributed by atoms with van der Waals surface area (Å²) >= 11 is 0. The lowest BCUT2D eigenvalue weighted by atomic mass is 9.97. The summed E-state index contributed by atoms with van der Waals surface area (Å²) in [7, 11) is -3.52. The summed E-state index contributed by atoms with van der Waals surface area (Å²) in [6.07, 6.45) is 1.89. The summed E-state index contributed by atoms with van der Waals surface area (Å²) in [6, 6.07) is 16.4. The largest absolute Gasteiger partial charge is 0.348 e. The second-order valence-electron chi connectivity index (χ2n) is 8.49. The fourth-order valence-electron chi connectivity index (χ4n) is 3.97. The van der Waals surface area contributed by atoms with Crippen LogP contribution in [0.15, 0.2) is 59.5 Å². The molecule has 31 heavy (non-hydrogen) atoms. The van der Waals surface area contributed by atoms with Crippen LogP contribution in [0.2, 0.25) is 0 Å². The molecule has 3 unspecified atom stereocenters. The Morgan fingerprint density at radius 3 is 2.45 bits per heavy atom. The van der Waals surface area contributed by atoms with Gasteiger partial charge in [0.05, 0.1) is 17.0 Å². The highest BCUT2D eigenvalue weighted by atomic mass is 32.2. The first kappa shape index (κ1) is 23.4. The number of nitrogens with zero attached hydrogens (tertiary/aromatic N) is 1. The summed E-state index contributed by atoms with van der Waals surface area (Å²) in [4.78, 5) is 15.2. The minimum Gasteiger partial charge on any atom is -0.348 e. The average Bonchev–Trinajstić information content (AvgIpc) is 2.78. The van der Waals surface area contributed by atoms with Gasteiger partial charge >= 0.3 is 0 Å². The van der Waals surface area contributed by atoms with E-state index in [1.165, 1.54) is 0 Å². The van der Waals surface area contributed by atoms with Gasteiger partial charge in [-0.15, -0.1) is 0 Å². The predicted octanol–water partition coefficient (Wildman–Crippen LogP) is 3.25. The van der Waals surface area contributed by atoms with Gasteiger partial charge in [-0.1, -0.05) is 48.0 Å². The highest BCUT2D eigenvalue weighted by Gasteiger charge is 2.29. The van der Waals surface area contributed by atoms with E-state index in [2.05, 4.69) is 14.9 Å². The highest BCUT2D eigenvalue weighted by Crippen LogP contribution is 2.20. The van der Waals surface area contributed by atoms with Crippen molar-refractivity contribution in [1.82, 2.24) is 14.9 Å². The van der Waals surface area contributed by atoms with E-state index < -0.39 is 10.0 Å². The SMILES string of the molecule is Cc1ccc(S(=O)(=O)NCC2CCCN(C(C)C(=O)NC(C)c3ccccc3)C2)cc1. The third-order valence-corrected chi connectivity index (χ3v) is 7.47. The second-order valence-corrected chi connectivity index (χ2v) is 10.3. The Balaban J connectivity index is 1.53. The van der Waals surface area contributed by atoms with Crippen LogP contribution < -0.4 is 10.0 Å². The minimum absolute atomic E-state index is 0.00256. The van der Waals surface area contributed by atoms with Crippen molar-refractivity contribution in [1.29, 1.82) is 0 Å². The van der Waals surface area contributed by atoms with Crippen LogP contribution in [0, 0.1) is 12.8 Å². The van der Waals surface area contributed by atoms with E-state index in [0.29, 0.717) is 13.1 Å². The molecule has 168 valence electrons. The third-order valence-electron chi connectivity index (χ3n) is 6.03. The first-order chi connectivity index (χ1) is 14.8. The van der Waals surface area contributed by atoms with Crippen LogP contribution >= 0.6 is 0 Å². The van der Waals surface area contributed by atoms with Crippen molar-refractivity contribution in [3.05, 3.63) is 65.7 Å². The number of piperidine rings is 1. The average molecular weight is 444 g/mol. The van der Waals surface area contributed by atoms with Crippen LogP contribution in [0.1, 0.15) is 43.9 Å². The molecule has 1 amide bonds. The fraction of sp³-hybridized carbons (Fsp3) is 0.458. The standard InChI is InChI=1S/C24H33N3O3S/c1-18-11-13-23(14-12-18)31(29,30)25-16-21-8-7-15-27(17-21)20(3)24(28)26-19(2)22-9-5-4-6-10-22/h4-6,9-14,19-21,25H,7-8,15-17H2,1-3H3,(H,26,28). The van der Waals surface area contributed by atoms with Crippen LogP contribution in [-0.2, 0) is 14.8 Å². The van der Waals surface area contributed by atoms with E-state index in [1.807, 2.05) is 51.1 Å². The topological polar surface area (TPSA) is 78.5 Å². The van der Waals surface area contributed by atoms with Crippen molar-refractivity contribution in [2.24, 2.45) is 5.92 Å². The zero-order chi connectivity index (χ0) is 22.4. The van der Waals surface area contributed by atoms with Crippen molar-refractivity contribution in [3.63, 3.8) is 0 Å². The summed E-state index contributed by atoms with van der Waals surface area (Å²) in [5.41, 5.74) is 2.10. The second kappa shape index (κ2) is 10.4. The maximum Gasteiger partial charge on any atom is 0.240 e. The first-order valence-corrected chi connectivity index (χ1v) is 12.4. The Morgan fingerprint density at radius 1 is 1.10 bits per heavy atom. The molecule has 6 nitrogen and oxygen atoms in total. The monoisotopic (exact) mass is 443 g/mol. The number of hydrogen-bond acceptors (Lipinski definition) is 4. The lowest BCUT2D eigenvalue weighted by Crippen LogP contribution is -2.50. The zero-order valence-electron chi connectivity index (χ0n) is 18.5. The number of hydrogen-bond donors (Lipinski definition) is 2. The lowest BCUT2D eigenvalue weighted by Gasteiger charge is -2.36. The van der Waals surface area contributed by atoms with Crippen LogP contribution in [-0.4, -0.2) is 44.9 Å². The number of amides is 1.